The number of anilines is 1. The van der Waals surface area contributed by atoms with Crippen molar-refractivity contribution in [3.05, 3.63) is 42.0 Å². The highest BCUT2D eigenvalue weighted by molar-refractivity contribution is 7.99. The van der Waals surface area contributed by atoms with E-state index < -0.39 is 0 Å². The molecule has 0 N–H and O–H groups in total. The summed E-state index contributed by atoms with van der Waals surface area (Å²) in [4.78, 5) is 17.0. The van der Waals surface area contributed by atoms with Crippen LogP contribution in [0.25, 0.3) is 10.8 Å². The van der Waals surface area contributed by atoms with Crippen molar-refractivity contribution < 1.29 is 9.53 Å². The third kappa shape index (κ3) is 4.95. The zero-order valence-corrected chi connectivity index (χ0v) is 20.2. The molecular formula is C25H31N5O2S. The number of rotatable bonds is 8. The Bertz CT molecular complexity index is 1140. The lowest BCUT2D eigenvalue weighted by molar-refractivity contribution is -0.127. The first-order valence-corrected chi connectivity index (χ1v) is 12.7. The molecule has 0 atom stereocenters. The van der Waals surface area contributed by atoms with Crippen molar-refractivity contribution in [1.82, 2.24) is 19.7 Å². The van der Waals surface area contributed by atoms with Crippen molar-refractivity contribution in [2.24, 2.45) is 0 Å². The quantitative estimate of drug-likeness (QED) is 0.456. The van der Waals surface area contributed by atoms with Crippen molar-refractivity contribution in [2.45, 2.75) is 49.8 Å². The minimum absolute atomic E-state index is 0.0969. The molecule has 1 aromatic heterocycles. The van der Waals surface area contributed by atoms with Gasteiger partial charge in [-0.25, -0.2) is 0 Å². The molecule has 174 valence electrons. The van der Waals surface area contributed by atoms with Crippen LogP contribution in [0.15, 0.2) is 41.6 Å². The van der Waals surface area contributed by atoms with E-state index >= 15 is 0 Å². The Morgan fingerprint density at radius 2 is 1.85 bits per heavy atom. The number of thioether (sulfide) groups is 1. The summed E-state index contributed by atoms with van der Waals surface area (Å²) in [6, 6.07) is 12.8. The molecule has 2 aromatic carbocycles. The van der Waals surface area contributed by atoms with Gasteiger partial charge in [0.1, 0.15) is 5.75 Å². The van der Waals surface area contributed by atoms with Crippen LogP contribution in [-0.2, 0) is 11.3 Å². The number of hydrogen-bond donors (Lipinski definition) is 0. The van der Waals surface area contributed by atoms with Crippen molar-refractivity contribution in [3.8, 4) is 5.75 Å². The second kappa shape index (κ2) is 9.63. The summed E-state index contributed by atoms with van der Waals surface area (Å²) in [5.74, 6) is 2.31. The van der Waals surface area contributed by atoms with Gasteiger partial charge < -0.3 is 14.5 Å². The summed E-state index contributed by atoms with van der Waals surface area (Å²) in [6.45, 7) is 2.68. The van der Waals surface area contributed by atoms with Crippen LogP contribution in [0.1, 0.15) is 43.7 Å². The third-order valence-corrected chi connectivity index (χ3v) is 7.41. The van der Waals surface area contributed by atoms with Crippen molar-refractivity contribution in [3.63, 3.8) is 0 Å². The van der Waals surface area contributed by atoms with Crippen molar-refractivity contribution in [2.75, 3.05) is 37.9 Å². The van der Waals surface area contributed by atoms with Crippen LogP contribution < -0.4 is 9.64 Å². The van der Waals surface area contributed by atoms with Gasteiger partial charge in [-0.1, -0.05) is 30.0 Å². The fourth-order valence-corrected chi connectivity index (χ4v) is 5.37. The first-order chi connectivity index (χ1) is 16.1. The van der Waals surface area contributed by atoms with Gasteiger partial charge in [-0.3, -0.25) is 9.36 Å². The van der Waals surface area contributed by atoms with Gasteiger partial charge in [0.05, 0.1) is 12.9 Å². The highest BCUT2D eigenvalue weighted by atomic mass is 32.2. The van der Waals surface area contributed by atoms with E-state index in [4.69, 9.17) is 4.74 Å². The number of fused-ring (bicyclic) bond motifs is 1. The number of ether oxygens (including phenoxy) is 1. The minimum atomic E-state index is 0.0969. The van der Waals surface area contributed by atoms with Gasteiger partial charge in [-0.15, -0.1) is 10.2 Å². The van der Waals surface area contributed by atoms with Crippen LogP contribution in [0, 0.1) is 0 Å². The van der Waals surface area contributed by atoms with Crippen LogP contribution in [-0.4, -0.2) is 58.6 Å². The lowest BCUT2D eigenvalue weighted by Crippen LogP contribution is -2.32. The van der Waals surface area contributed by atoms with Crippen LogP contribution in [0.2, 0.25) is 0 Å². The SMILES string of the molecule is COc1ccc2cc(CN(C)C(=O)CSc3nnc(N4CCCCC4)n3C3CC3)ccc2c1. The standard InChI is InChI=1S/C25H31N5O2S/c1-28(16-18-6-7-20-15-22(32-2)11-8-19(20)14-18)23(31)17-33-25-27-26-24(30(25)21-9-10-21)29-12-4-3-5-13-29/h6-8,11,14-15,21H,3-5,9-10,12-13,16-17H2,1-2H3. The second-order valence-electron chi connectivity index (χ2n) is 9.02. The Morgan fingerprint density at radius 3 is 2.61 bits per heavy atom. The third-order valence-electron chi connectivity index (χ3n) is 6.48. The van der Waals surface area contributed by atoms with E-state index in [1.807, 2.05) is 19.2 Å². The van der Waals surface area contributed by atoms with Gasteiger partial charge in [0.25, 0.3) is 0 Å². The molecule has 0 radical (unpaired) electrons. The average molecular weight is 466 g/mol. The highest BCUT2D eigenvalue weighted by Crippen LogP contribution is 2.41. The first-order valence-electron chi connectivity index (χ1n) is 11.8. The Labute approximate surface area is 199 Å². The summed E-state index contributed by atoms with van der Waals surface area (Å²) in [5.41, 5.74) is 1.11. The molecule has 8 heteroatoms. The Kier molecular flexibility index (Phi) is 6.44. The van der Waals surface area contributed by atoms with E-state index in [-0.39, 0.29) is 5.91 Å². The van der Waals surface area contributed by atoms with Gasteiger partial charge in [0, 0.05) is 32.7 Å². The molecular weight excluding hydrogens is 434 g/mol. The Morgan fingerprint density at radius 1 is 1.09 bits per heavy atom. The minimum Gasteiger partial charge on any atom is -0.497 e. The number of amides is 1. The molecule has 0 bridgehead atoms. The van der Waals surface area contributed by atoms with E-state index in [0.29, 0.717) is 18.3 Å². The number of piperidine rings is 1. The summed E-state index contributed by atoms with van der Waals surface area (Å²) in [6.07, 6.45) is 6.07. The van der Waals surface area contributed by atoms with Crippen molar-refractivity contribution in [1.29, 1.82) is 0 Å². The molecule has 1 saturated carbocycles. The molecule has 0 unspecified atom stereocenters. The summed E-state index contributed by atoms with van der Waals surface area (Å²) in [7, 11) is 3.54. The lowest BCUT2D eigenvalue weighted by atomic mass is 10.1. The van der Waals surface area contributed by atoms with Crippen LogP contribution in [0.5, 0.6) is 5.75 Å². The van der Waals surface area contributed by atoms with Gasteiger partial charge in [-0.05, 0) is 66.6 Å². The molecule has 2 fully saturated rings. The summed E-state index contributed by atoms with van der Waals surface area (Å²) < 4.78 is 7.58. The molecule has 3 aromatic rings. The molecule has 1 aliphatic carbocycles. The van der Waals surface area contributed by atoms with E-state index in [2.05, 4.69) is 43.9 Å². The predicted octanol–water partition coefficient (Wildman–Crippen LogP) is 4.52. The smallest absolute Gasteiger partial charge is 0.233 e. The predicted molar refractivity (Wildman–Crippen MR) is 132 cm³/mol. The van der Waals surface area contributed by atoms with Gasteiger partial charge in [0.2, 0.25) is 11.9 Å². The molecule has 1 amide bonds. The normalized spacial score (nSPS) is 16.2. The van der Waals surface area contributed by atoms with E-state index in [1.54, 1.807) is 12.0 Å². The Balaban J connectivity index is 1.22. The average Bonchev–Trinajstić information content (AvgIpc) is 3.61. The number of aromatic nitrogens is 3. The zero-order chi connectivity index (χ0) is 22.8. The number of nitrogens with zero attached hydrogens (tertiary/aromatic N) is 5. The second-order valence-corrected chi connectivity index (χ2v) is 9.96. The molecule has 7 nitrogen and oxygen atoms in total. The van der Waals surface area contributed by atoms with Crippen molar-refractivity contribution >= 4 is 34.4 Å². The zero-order valence-electron chi connectivity index (χ0n) is 19.4. The molecule has 2 aliphatic rings. The maximum atomic E-state index is 12.9. The van der Waals surface area contributed by atoms with Gasteiger partial charge in [0.15, 0.2) is 5.16 Å². The monoisotopic (exact) mass is 465 g/mol. The molecule has 5 rings (SSSR count). The molecule has 2 heterocycles. The lowest BCUT2D eigenvalue weighted by Gasteiger charge is -2.27. The molecule has 33 heavy (non-hydrogen) atoms. The number of carbonyl (C=O) groups excluding carboxylic acids is 1. The summed E-state index contributed by atoms with van der Waals surface area (Å²) >= 11 is 1.51. The van der Waals surface area contributed by atoms with Crippen LogP contribution in [0.4, 0.5) is 5.95 Å². The van der Waals surface area contributed by atoms with Gasteiger partial charge in [-0.2, -0.15) is 0 Å². The van der Waals surface area contributed by atoms with Gasteiger partial charge >= 0.3 is 0 Å². The number of carbonyl (C=O) groups is 1. The fourth-order valence-electron chi connectivity index (χ4n) is 4.43. The number of methoxy groups -OCH3 is 1. The number of hydrogen-bond acceptors (Lipinski definition) is 6. The fraction of sp³-hybridized carbons (Fsp3) is 0.480. The maximum Gasteiger partial charge on any atom is 0.233 e. The highest BCUT2D eigenvalue weighted by Gasteiger charge is 2.32. The molecule has 1 aliphatic heterocycles. The largest absolute Gasteiger partial charge is 0.497 e. The van der Waals surface area contributed by atoms with E-state index in [0.717, 1.165) is 46.3 Å². The molecule has 0 spiro atoms. The first kappa shape index (κ1) is 22.1. The molecule has 1 saturated heterocycles. The van der Waals surface area contributed by atoms with E-state index in [1.165, 1.54) is 43.9 Å². The van der Waals surface area contributed by atoms with Crippen LogP contribution >= 0.6 is 11.8 Å². The summed E-state index contributed by atoms with van der Waals surface area (Å²) in [5, 5.41) is 12.1. The maximum absolute atomic E-state index is 12.9. The Hall–Kier alpha value is -2.74. The number of benzene rings is 2. The topological polar surface area (TPSA) is 63.5 Å². The van der Waals surface area contributed by atoms with E-state index in [9.17, 15) is 4.79 Å². The van der Waals surface area contributed by atoms with Crippen LogP contribution in [0.3, 0.4) is 0 Å².